The minimum atomic E-state index is -0.852. The first kappa shape index (κ1) is 27.0. The maximum Gasteiger partial charge on any atom is 0.329 e. The lowest BCUT2D eigenvalue weighted by atomic mass is 9.96. The number of benzene rings is 1. The van der Waals surface area contributed by atoms with Crippen LogP contribution in [-0.2, 0) is 6.54 Å². The lowest BCUT2D eigenvalue weighted by Gasteiger charge is -2.26. The molecule has 1 aliphatic carbocycles. The number of nitrogens with one attached hydrogen (secondary N) is 1. The van der Waals surface area contributed by atoms with Crippen molar-refractivity contribution in [2.75, 3.05) is 4.90 Å². The molecule has 1 saturated carbocycles. The average Bonchev–Trinajstić information content (AvgIpc) is 3.31. The Bertz CT molecular complexity index is 900. The van der Waals surface area contributed by atoms with Crippen LogP contribution < -0.4 is 10.2 Å². The SMILES string of the molecule is CCCCCCCCCCCCn1nnc(N(C(=O)NC2CCCCC2)c2ccc(F)cc2F)n1. The summed E-state index contributed by atoms with van der Waals surface area (Å²) in [5.74, 6) is -1.58. The molecule has 1 aromatic carbocycles. The maximum atomic E-state index is 14.6. The Morgan fingerprint density at radius 3 is 2.31 bits per heavy atom. The van der Waals surface area contributed by atoms with Crippen molar-refractivity contribution in [1.82, 2.24) is 25.5 Å². The van der Waals surface area contributed by atoms with Crippen LogP contribution in [0.5, 0.6) is 0 Å². The summed E-state index contributed by atoms with van der Waals surface area (Å²) in [6, 6.07) is 2.59. The van der Waals surface area contributed by atoms with E-state index in [1.165, 1.54) is 62.2 Å². The van der Waals surface area contributed by atoms with Crippen LogP contribution in [0.15, 0.2) is 18.2 Å². The number of rotatable bonds is 14. The molecule has 2 aromatic rings. The van der Waals surface area contributed by atoms with Crippen molar-refractivity contribution < 1.29 is 13.6 Å². The average molecular weight is 491 g/mol. The van der Waals surface area contributed by atoms with Crippen LogP contribution >= 0.6 is 0 Å². The summed E-state index contributed by atoms with van der Waals surface area (Å²) in [5.41, 5.74) is -0.0989. The highest BCUT2D eigenvalue weighted by Gasteiger charge is 2.28. The molecular formula is C26H40F2N6O. The highest BCUT2D eigenvalue weighted by Crippen LogP contribution is 2.27. The summed E-state index contributed by atoms with van der Waals surface area (Å²) in [5, 5.41) is 15.4. The molecule has 1 N–H and O–H groups in total. The maximum absolute atomic E-state index is 14.6. The second kappa shape index (κ2) is 14.7. The molecule has 0 bridgehead atoms. The van der Waals surface area contributed by atoms with Gasteiger partial charge in [0, 0.05) is 12.1 Å². The number of hydrogen-bond donors (Lipinski definition) is 1. The van der Waals surface area contributed by atoms with Crippen LogP contribution in [0.1, 0.15) is 103 Å². The van der Waals surface area contributed by atoms with Crippen LogP contribution in [0, 0.1) is 11.6 Å². The van der Waals surface area contributed by atoms with Gasteiger partial charge in [-0.3, -0.25) is 0 Å². The van der Waals surface area contributed by atoms with Crippen molar-refractivity contribution >= 4 is 17.7 Å². The normalized spacial score (nSPS) is 14.3. The van der Waals surface area contributed by atoms with E-state index in [9.17, 15) is 13.6 Å². The van der Waals surface area contributed by atoms with E-state index in [2.05, 4.69) is 27.7 Å². The quantitative estimate of drug-likeness (QED) is 0.288. The van der Waals surface area contributed by atoms with E-state index in [0.29, 0.717) is 6.54 Å². The molecule has 0 atom stereocenters. The van der Waals surface area contributed by atoms with Gasteiger partial charge in [0.05, 0.1) is 12.2 Å². The molecule has 0 spiro atoms. The number of nitrogens with zero attached hydrogens (tertiary/aromatic N) is 5. The fourth-order valence-corrected chi connectivity index (χ4v) is 4.62. The highest BCUT2D eigenvalue weighted by atomic mass is 19.1. The van der Waals surface area contributed by atoms with Crippen LogP contribution in [0.25, 0.3) is 0 Å². The molecule has 0 aliphatic heterocycles. The number of aryl methyl sites for hydroxylation is 1. The first-order valence-corrected chi connectivity index (χ1v) is 13.4. The van der Waals surface area contributed by atoms with Gasteiger partial charge in [0.25, 0.3) is 5.95 Å². The molecule has 3 rings (SSSR count). The topological polar surface area (TPSA) is 75.9 Å². The molecule has 0 unspecified atom stereocenters. The molecule has 35 heavy (non-hydrogen) atoms. The predicted octanol–water partition coefficient (Wildman–Crippen LogP) is 7.05. The smallest absolute Gasteiger partial charge is 0.329 e. The summed E-state index contributed by atoms with van der Waals surface area (Å²) in [4.78, 5) is 15.6. The van der Waals surface area contributed by atoms with E-state index in [-0.39, 0.29) is 17.7 Å². The van der Waals surface area contributed by atoms with Crippen LogP contribution in [0.2, 0.25) is 0 Å². The lowest BCUT2D eigenvalue weighted by Crippen LogP contribution is -2.44. The monoisotopic (exact) mass is 490 g/mol. The van der Waals surface area contributed by atoms with E-state index in [0.717, 1.165) is 62.0 Å². The van der Waals surface area contributed by atoms with Gasteiger partial charge in [0.1, 0.15) is 11.6 Å². The largest absolute Gasteiger partial charge is 0.335 e. The third-order valence-corrected chi connectivity index (χ3v) is 6.64. The molecule has 1 aromatic heterocycles. The van der Waals surface area contributed by atoms with Gasteiger partial charge in [0.2, 0.25) is 0 Å². The number of amides is 2. The van der Waals surface area contributed by atoms with Crippen molar-refractivity contribution in [2.45, 2.75) is 116 Å². The fraction of sp³-hybridized carbons (Fsp3) is 0.692. The van der Waals surface area contributed by atoms with Crippen molar-refractivity contribution in [1.29, 1.82) is 0 Å². The molecule has 194 valence electrons. The van der Waals surface area contributed by atoms with E-state index >= 15 is 0 Å². The van der Waals surface area contributed by atoms with Crippen LogP contribution in [0.3, 0.4) is 0 Å². The molecule has 2 amide bonds. The van der Waals surface area contributed by atoms with Gasteiger partial charge in [-0.1, -0.05) is 89.1 Å². The third-order valence-electron chi connectivity index (χ3n) is 6.64. The summed E-state index contributed by atoms with van der Waals surface area (Å²) in [7, 11) is 0. The molecule has 9 heteroatoms. The van der Waals surface area contributed by atoms with E-state index in [1.807, 2.05) is 0 Å². The number of tetrazole rings is 1. The Balaban J connectivity index is 1.54. The van der Waals surface area contributed by atoms with Crippen LogP contribution in [0.4, 0.5) is 25.2 Å². The Labute approximate surface area is 207 Å². The number of halogens is 2. The summed E-state index contributed by atoms with van der Waals surface area (Å²) in [6.07, 6.45) is 17.3. The second-order valence-electron chi connectivity index (χ2n) is 9.58. The number of carbonyl (C=O) groups is 1. The first-order chi connectivity index (χ1) is 17.1. The summed E-state index contributed by atoms with van der Waals surface area (Å²) in [6.45, 7) is 2.81. The van der Waals surface area contributed by atoms with Gasteiger partial charge in [-0.15, -0.1) is 5.10 Å². The standard InChI is InChI=1S/C26H40F2N6O/c1-2-3-4-5-6-7-8-9-10-14-19-33-31-25(30-32-33)34(24-18-17-21(27)20-23(24)28)26(35)29-22-15-12-11-13-16-22/h17-18,20,22H,2-16,19H2,1H3,(H,29,35). The lowest BCUT2D eigenvalue weighted by molar-refractivity contribution is 0.240. The second-order valence-corrected chi connectivity index (χ2v) is 9.58. The predicted molar refractivity (Wildman–Crippen MR) is 134 cm³/mol. The summed E-state index contributed by atoms with van der Waals surface area (Å²) >= 11 is 0. The molecule has 0 radical (unpaired) electrons. The van der Waals surface area contributed by atoms with Gasteiger partial charge in [0.15, 0.2) is 0 Å². The minimum absolute atomic E-state index is 0.0175. The van der Waals surface area contributed by atoms with Crippen molar-refractivity contribution in [3.8, 4) is 0 Å². The van der Waals surface area contributed by atoms with Gasteiger partial charge >= 0.3 is 6.03 Å². The Hall–Kier alpha value is -2.58. The van der Waals surface area contributed by atoms with E-state index < -0.39 is 17.7 Å². The van der Waals surface area contributed by atoms with Gasteiger partial charge in [-0.05, 0) is 36.6 Å². The van der Waals surface area contributed by atoms with Gasteiger partial charge < -0.3 is 5.32 Å². The number of carbonyl (C=O) groups excluding carboxylic acids is 1. The molecular weight excluding hydrogens is 450 g/mol. The first-order valence-electron chi connectivity index (χ1n) is 13.4. The molecule has 1 aliphatic rings. The molecule has 1 heterocycles. The Morgan fingerprint density at radius 2 is 1.66 bits per heavy atom. The number of unbranched alkanes of at least 4 members (excludes halogenated alkanes) is 9. The molecule has 1 fully saturated rings. The zero-order valence-corrected chi connectivity index (χ0v) is 21.0. The molecule has 7 nitrogen and oxygen atoms in total. The summed E-state index contributed by atoms with van der Waals surface area (Å²) < 4.78 is 28.1. The number of hydrogen-bond acceptors (Lipinski definition) is 4. The van der Waals surface area contributed by atoms with Crippen molar-refractivity contribution in [2.24, 2.45) is 0 Å². The zero-order valence-electron chi connectivity index (χ0n) is 21.0. The minimum Gasteiger partial charge on any atom is -0.335 e. The molecule has 0 saturated heterocycles. The van der Waals surface area contributed by atoms with Gasteiger partial charge in [-0.25, -0.2) is 18.5 Å². The zero-order chi connectivity index (χ0) is 24.9. The third kappa shape index (κ3) is 8.85. The fourth-order valence-electron chi connectivity index (χ4n) is 4.62. The number of anilines is 2. The van der Waals surface area contributed by atoms with Gasteiger partial charge in [-0.2, -0.15) is 4.80 Å². The van der Waals surface area contributed by atoms with Crippen molar-refractivity contribution in [3.63, 3.8) is 0 Å². The van der Waals surface area contributed by atoms with E-state index in [4.69, 9.17) is 0 Å². The Morgan fingerprint density at radius 1 is 1.00 bits per heavy atom. The Kier molecular flexibility index (Phi) is 11.4. The van der Waals surface area contributed by atoms with Crippen molar-refractivity contribution in [3.05, 3.63) is 29.8 Å². The highest BCUT2D eigenvalue weighted by molar-refractivity contribution is 5.97. The van der Waals surface area contributed by atoms with Crippen LogP contribution in [-0.4, -0.2) is 32.3 Å². The number of urea groups is 1. The number of aromatic nitrogens is 4. The van der Waals surface area contributed by atoms with E-state index in [1.54, 1.807) is 0 Å².